The third-order valence-corrected chi connectivity index (χ3v) is 2.59. The topological polar surface area (TPSA) is 64.1 Å². The lowest BCUT2D eigenvalue weighted by atomic mass is 10.2. The molecule has 0 radical (unpaired) electrons. The van der Waals surface area contributed by atoms with Crippen LogP contribution < -0.4 is 5.32 Å². The van der Waals surface area contributed by atoms with E-state index >= 15 is 0 Å². The number of esters is 1. The summed E-state index contributed by atoms with van der Waals surface area (Å²) in [6, 6.07) is 9.32. The third kappa shape index (κ3) is 3.77. The largest absolute Gasteiger partial charge is 0.464 e. The first-order valence-corrected chi connectivity index (χ1v) is 5.98. The molecule has 0 aromatic carbocycles. The minimum atomic E-state index is -0.437. The highest BCUT2D eigenvalue weighted by Crippen LogP contribution is 2.09. The second kappa shape index (κ2) is 6.49. The molecule has 0 saturated heterocycles. The summed E-state index contributed by atoms with van der Waals surface area (Å²) < 4.78 is 4.63. The van der Waals surface area contributed by atoms with Crippen LogP contribution in [0.4, 0.5) is 5.69 Å². The van der Waals surface area contributed by atoms with E-state index in [1.54, 1.807) is 18.5 Å². The molecule has 98 valence electrons. The lowest BCUT2D eigenvalue weighted by Gasteiger charge is -2.07. The second-order valence-corrected chi connectivity index (χ2v) is 3.92. The molecule has 0 atom stereocenters. The molecule has 0 fully saturated rings. The van der Waals surface area contributed by atoms with Gasteiger partial charge in [-0.3, -0.25) is 4.98 Å². The molecule has 0 saturated carbocycles. The fourth-order valence-corrected chi connectivity index (χ4v) is 1.64. The van der Waals surface area contributed by atoms with Crippen LogP contribution in [0.1, 0.15) is 16.2 Å². The maximum atomic E-state index is 11.3. The van der Waals surface area contributed by atoms with Gasteiger partial charge in [-0.15, -0.1) is 0 Å². The zero-order valence-electron chi connectivity index (χ0n) is 10.7. The number of ether oxygens (including phenoxy) is 1. The lowest BCUT2D eigenvalue weighted by molar-refractivity contribution is 0.0594. The Morgan fingerprint density at radius 2 is 2.16 bits per heavy atom. The minimum Gasteiger partial charge on any atom is -0.464 e. The van der Waals surface area contributed by atoms with Gasteiger partial charge in [-0.2, -0.15) is 0 Å². The summed E-state index contributed by atoms with van der Waals surface area (Å²) in [5.41, 5.74) is 2.16. The van der Waals surface area contributed by atoms with Crippen LogP contribution in [0.25, 0.3) is 0 Å². The highest BCUT2D eigenvalue weighted by molar-refractivity contribution is 5.88. The summed E-state index contributed by atoms with van der Waals surface area (Å²) in [5.74, 6) is -0.437. The first kappa shape index (κ1) is 13.0. The van der Waals surface area contributed by atoms with Crippen LogP contribution in [-0.2, 0) is 11.2 Å². The smallest absolute Gasteiger partial charge is 0.356 e. The van der Waals surface area contributed by atoms with Gasteiger partial charge in [-0.05, 0) is 24.3 Å². The first-order chi connectivity index (χ1) is 9.29. The first-order valence-electron chi connectivity index (χ1n) is 5.98. The van der Waals surface area contributed by atoms with Crippen molar-refractivity contribution in [3.63, 3.8) is 0 Å². The molecule has 2 rings (SSSR count). The number of rotatable bonds is 5. The Morgan fingerprint density at radius 3 is 2.89 bits per heavy atom. The van der Waals surface area contributed by atoms with Crippen molar-refractivity contribution in [1.82, 2.24) is 9.97 Å². The van der Waals surface area contributed by atoms with E-state index in [-0.39, 0.29) is 0 Å². The van der Waals surface area contributed by atoms with Gasteiger partial charge in [0.15, 0.2) is 0 Å². The quantitative estimate of drug-likeness (QED) is 0.829. The summed E-state index contributed by atoms with van der Waals surface area (Å²) >= 11 is 0. The number of nitrogens with zero attached hydrogens (tertiary/aromatic N) is 2. The molecule has 1 N–H and O–H groups in total. The van der Waals surface area contributed by atoms with Crippen molar-refractivity contribution in [1.29, 1.82) is 0 Å². The number of carbonyl (C=O) groups is 1. The van der Waals surface area contributed by atoms with E-state index in [1.165, 1.54) is 7.11 Å². The van der Waals surface area contributed by atoms with Gasteiger partial charge in [-0.1, -0.05) is 6.07 Å². The predicted octanol–water partition coefficient (Wildman–Crippen LogP) is 1.92. The van der Waals surface area contributed by atoms with Crippen LogP contribution in [0.5, 0.6) is 0 Å². The molecule has 19 heavy (non-hydrogen) atoms. The van der Waals surface area contributed by atoms with Gasteiger partial charge in [0.2, 0.25) is 0 Å². The van der Waals surface area contributed by atoms with Crippen molar-refractivity contribution in [2.75, 3.05) is 19.0 Å². The Balaban J connectivity index is 1.91. The number of nitrogens with one attached hydrogen (secondary N) is 1. The highest BCUT2D eigenvalue weighted by atomic mass is 16.5. The average Bonchev–Trinajstić information content (AvgIpc) is 2.48. The molecule has 0 spiro atoms. The molecule has 0 unspecified atom stereocenters. The molecule has 0 aliphatic carbocycles. The van der Waals surface area contributed by atoms with Gasteiger partial charge >= 0.3 is 5.97 Å². The van der Waals surface area contributed by atoms with Crippen molar-refractivity contribution >= 4 is 11.7 Å². The summed E-state index contributed by atoms with van der Waals surface area (Å²) in [6.45, 7) is 0.738. The van der Waals surface area contributed by atoms with Gasteiger partial charge in [0.1, 0.15) is 5.69 Å². The van der Waals surface area contributed by atoms with Crippen molar-refractivity contribution < 1.29 is 9.53 Å². The van der Waals surface area contributed by atoms with E-state index in [4.69, 9.17) is 0 Å². The normalized spacial score (nSPS) is 9.95. The number of hydrogen-bond acceptors (Lipinski definition) is 5. The van der Waals surface area contributed by atoms with Crippen LogP contribution in [0.15, 0.2) is 42.7 Å². The second-order valence-electron chi connectivity index (χ2n) is 3.92. The fourth-order valence-electron chi connectivity index (χ4n) is 1.64. The number of aromatic nitrogens is 2. The number of anilines is 1. The molecular formula is C14H15N3O2. The van der Waals surface area contributed by atoms with E-state index < -0.39 is 5.97 Å². The van der Waals surface area contributed by atoms with Crippen LogP contribution >= 0.6 is 0 Å². The molecule has 0 aliphatic rings. The van der Waals surface area contributed by atoms with Gasteiger partial charge in [0, 0.05) is 36.7 Å². The molecule has 0 bridgehead atoms. The lowest BCUT2D eigenvalue weighted by Crippen LogP contribution is -2.08. The minimum absolute atomic E-state index is 0.297. The SMILES string of the molecule is COC(=O)c1cc(NCCc2ccccn2)ccn1. The Labute approximate surface area is 111 Å². The standard InChI is InChI=1S/C14H15N3O2/c1-19-14(18)13-10-12(6-9-17-13)16-8-5-11-4-2-3-7-15-11/h2-4,6-7,9-10H,5,8H2,1H3,(H,16,17). The van der Waals surface area contributed by atoms with Gasteiger partial charge in [0.25, 0.3) is 0 Å². The van der Waals surface area contributed by atoms with E-state index in [1.807, 2.05) is 24.3 Å². The van der Waals surface area contributed by atoms with Gasteiger partial charge in [-0.25, -0.2) is 9.78 Å². The van der Waals surface area contributed by atoms with Crippen LogP contribution in [-0.4, -0.2) is 29.6 Å². The predicted molar refractivity (Wildman–Crippen MR) is 72.0 cm³/mol. The van der Waals surface area contributed by atoms with Crippen molar-refractivity contribution in [3.05, 3.63) is 54.1 Å². The highest BCUT2D eigenvalue weighted by Gasteiger charge is 2.06. The number of pyridine rings is 2. The number of carbonyl (C=O) groups excluding carboxylic acids is 1. The summed E-state index contributed by atoms with van der Waals surface area (Å²) in [6.07, 6.45) is 4.17. The van der Waals surface area contributed by atoms with E-state index in [2.05, 4.69) is 20.0 Å². The molecule has 0 amide bonds. The van der Waals surface area contributed by atoms with Crippen LogP contribution in [0, 0.1) is 0 Å². The Kier molecular flexibility index (Phi) is 4.44. The average molecular weight is 257 g/mol. The van der Waals surface area contributed by atoms with E-state index in [9.17, 15) is 4.79 Å². The zero-order chi connectivity index (χ0) is 13.5. The zero-order valence-corrected chi connectivity index (χ0v) is 10.7. The Bertz CT molecular complexity index is 543. The molecule has 2 aromatic heterocycles. The van der Waals surface area contributed by atoms with Crippen molar-refractivity contribution in [2.24, 2.45) is 0 Å². The van der Waals surface area contributed by atoms with E-state index in [0.717, 1.165) is 24.3 Å². The molecule has 5 heteroatoms. The van der Waals surface area contributed by atoms with Crippen molar-refractivity contribution in [2.45, 2.75) is 6.42 Å². The van der Waals surface area contributed by atoms with Crippen LogP contribution in [0.3, 0.4) is 0 Å². The number of methoxy groups -OCH3 is 1. The maximum Gasteiger partial charge on any atom is 0.356 e. The monoisotopic (exact) mass is 257 g/mol. The van der Waals surface area contributed by atoms with Crippen LogP contribution in [0.2, 0.25) is 0 Å². The molecule has 2 aromatic rings. The Morgan fingerprint density at radius 1 is 1.26 bits per heavy atom. The fraction of sp³-hybridized carbons (Fsp3) is 0.214. The maximum absolute atomic E-state index is 11.3. The van der Waals surface area contributed by atoms with Crippen molar-refractivity contribution in [3.8, 4) is 0 Å². The molecular weight excluding hydrogens is 242 g/mol. The molecule has 0 aliphatic heterocycles. The third-order valence-electron chi connectivity index (χ3n) is 2.59. The molecule has 5 nitrogen and oxygen atoms in total. The number of hydrogen-bond donors (Lipinski definition) is 1. The molecule has 2 heterocycles. The summed E-state index contributed by atoms with van der Waals surface area (Å²) in [5, 5.41) is 3.22. The van der Waals surface area contributed by atoms with Gasteiger partial charge in [0.05, 0.1) is 7.11 Å². The van der Waals surface area contributed by atoms with Gasteiger partial charge < -0.3 is 10.1 Å². The van der Waals surface area contributed by atoms with E-state index in [0.29, 0.717) is 5.69 Å². The summed E-state index contributed by atoms with van der Waals surface area (Å²) in [7, 11) is 1.34. The Hall–Kier alpha value is -2.43. The summed E-state index contributed by atoms with van der Waals surface area (Å²) in [4.78, 5) is 19.5.